The summed E-state index contributed by atoms with van der Waals surface area (Å²) >= 11 is 0. The molecular weight excluding hydrogens is 262 g/mol. The van der Waals surface area contributed by atoms with Crippen LogP contribution in [0.1, 0.15) is 32.8 Å². The highest BCUT2D eigenvalue weighted by atomic mass is 16.2. The molecule has 1 aromatic rings. The van der Waals surface area contributed by atoms with Crippen molar-refractivity contribution < 1.29 is 4.79 Å². The number of amides is 1. The first kappa shape index (κ1) is 16.0. The van der Waals surface area contributed by atoms with Gasteiger partial charge in [-0.3, -0.25) is 9.69 Å². The molecule has 1 aliphatic heterocycles. The van der Waals surface area contributed by atoms with E-state index in [1.165, 1.54) is 6.42 Å². The second-order valence-corrected chi connectivity index (χ2v) is 6.31. The lowest BCUT2D eigenvalue weighted by molar-refractivity contribution is -0.120. The molecule has 1 aliphatic rings. The molecule has 0 radical (unpaired) electrons. The summed E-state index contributed by atoms with van der Waals surface area (Å²) in [7, 11) is 0. The van der Waals surface area contributed by atoms with E-state index in [1.807, 2.05) is 31.2 Å². The topological polar surface area (TPSA) is 58.4 Å². The van der Waals surface area contributed by atoms with Crippen LogP contribution >= 0.6 is 0 Å². The molecule has 1 heterocycles. The molecule has 0 aromatic heterocycles. The lowest BCUT2D eigenvalue weighted by Crippen LogP contribution is -2.41. The van der Waals surface area contributed by atoms with Gasteiger partial charge in [-0.1, -0.05) is 32.0 Å². The Balaban J connectivity index is 1.97. The van der Waals surface area contributed by atoms with Gasteiger partial charge in [0.1, 0.15) is 0 Å². The fourth-order valence-electron chi connectivity index (χ4n) is 2.93. The molecule has 0 spiro atoms. The quantitative estimate of drug-likeness (QED) is 0.875. The number of carbonyl (C=O) groups is 1. The molecule has 1 amide bonds. The summed E-state index contributed by atoms with van der Waals surface area (Å²) in [6, 6.07) is 7.62. The second-order valence-electron chi connectivity index (χ2n) is 6.31. The Morgan fingerprint density at radius 3 is 2.71 bits per heavy atom. The van der Waals surface area contributed by atoms with E-state index in [9.17, 15) is 4.79 Å². The maximum Gasteiger partial charge on any atom is 0.241 e. The maximum atomic E-state index is 12.5. The van der Waals surface area contributed by atoms with Gasteiger partial charge in [0.2, 0.25) is 5.91 Å². The van der Waals surface area contributed by atoms with Gasteiger partial charge in [-0.2, -0.15) is 0 Å². The molecule has 1 saturated heterocycles. The van der Waals surface area contributed by atoms with Gasteiger partial charge in [-0.25, -0.2) is 0 Å². The number of para-hydroxylation sites is 1. The zero-order valence-corrected chi connectivity index (χ0v) is 13.3. The average Bonchev–Trinajstić information content (AvgIpc) is 2.97. The standard InChI is InChI=1S/C17H27N3O/c1-12(2)15-8-9-20(11-15)13(3)17(21)19-16-7-5-4-6-14(16)10-18/h4-7,12-13,15H,8-11,18H2,1-3H3,(H,19,21). The first-order valence-electron chi connectivity index (χ1n) is 7.85. The van der Waals surface area contributed by atoms with Gasteiger partial charge >= 0.3 is 0 Å². The lowest BCUT2D eigenvalue weighted by atomic mass is 9.95. The summed E-state index contributed by atoms with van der Waals surface area (Å²) < 4.78 is 0. The van der Waals surface area contributed by atoms with Crippen molar-refractivity contribution in [2.45, 2.75) is 39.8 Å². The van der Waals surface area contributed by atoms with Crippen molar-refractivity contribution in [3.8, 4) is 0 Å². The SMILES string of the molecule is CC(C)C1CCN(C(C)C(=O)Nc2ccccc2CN)C1. The number of rotatable bonds is 5. The summed E-state index contributed by atoms with van der Waals surface area (Å²) in [5.74, 6) is 1.44. The van der Waals surface area contributed by atoms with Crippen LogP contribution in [0.15, 0.2) is 24.3 Å². The molecule has 0 saturated carbocycles. The van der Waals surface area contributed by atoms with E-state index in [-0.39, 0.29) is 11.9 Å². The van der Waals surface area contributed by atoms with Crippen LogP contribution in [-0.2, 0) is 11.3 Å². The van der Waals surface area contributed by atoms with Crippen LogP contribution in [0.3, 0.4) is 0 Å². The predicted octanol–water partition coefficient (Wildman–Crippen LogP) is 2.45. The minimum atomic E-state index is -0.0976. The van der Waals surface area contributed by atoms with E-state index in [4.69, 9.17) is 5.73 Å². The summed E-state index contributed by atoms with van der Waals surface area (Å²) in [6.45, 7) is 8.97. The first-order chi connectivity index (χ1) is 10.0. The van der Waals surface area contributed by atoms with Crippen LogP contribution in [0.25, 0.3) is 0 Å². The van der Waals surface area contributed by atoms with Crippen LogP contribution < -0.4 is 11.1 Å². The third kappa shape index (κ3) is 3.83. The number of nitrogens with two attached hydrogens (primary N) is 1. The van der Waals surface area contributed by atoms with Crippen molar-refractivity contribution in [3.63, 3.8) is 0 Å². The summed E-state index contributed by atoms with van der Waals surface area (Å²) in [4.78, 5) is 14.7. The van der Waals surface area contributed by atoms with Gasteiger partial charge in [-0.15, -0.1) is 0 Å². The lowest BCUT2D eigenvalue weighted by Gasteiger charge is -2.24. The van der Waals surface area contributed by atoms with Gasteiger partial charge in [0.25, 0.3) is 0 Å². The molecule has 1 aromatic carbocycles. The molecule has 2 atom stereocenters. The molecular formula is C17H27N3O. The predicted molar refractivity (Wildman–Crippen MR) is 86.9 cm³/mol. The molecule has 3 N–H and O–H groups in total. The molecule has 4 nitrogen and oxygen atoms in total. The molecule has 2 rings (SSSR count). The molecule has 1 fully saturated rings. The molecule has 4 heteroatoms. The van der Waals surface area contributed by atoms with E-state index >= 15 is 0 Å². The summed E-state index contributed by atoms with van der Waals surface area (Å²) in [6.07, 6.45) is 1.19. The Morgan fingerprint density at radius 1 is 1.38 bits per heavy atom. The van der Waals surface area contributed by atoms with Crippen LogP contribution in [0.2, 0.25) is 0 Å². The third-order valence-electron chi connectivity index (χ3n) is 4.62. The van der Waals surface area contributed by atoms with Crippen LogP contribution in [0.5, 0.6) is 0 Å². The second kappa shape index (κ2) is 7.05. The highest BCUT2D eigenvalue weighted by Crippen LogP contribution is 2.25. The number of hydrogen-bond donors (Lipinski definition) is 2. The molecule has 21 heavy (non-hydrogen) atoms. The summed E-state index contributed by atoms with van der Waals surface area (Å²) in [5, 5.41) is 3.02. The van der Waals surface area contributed by atoms with E-state index in [0.29, 0.717) is 18.4 Å². The fraction of sp³-hybridized carbons (Fsp3) is 0.588. The van der Waals surface area contributed by atoms with E-state index in [2.05, 4.69) is 24.1 Å². The molecule has 0 aliphatic carbocycles. The minimum Gasteiger partial charge on any atom is -0.326 e. The monoisotopic (exact) mass is 289 g/mol. The molecule has 116 valence electrons. The Kier molecular flexibility index (Phi) is 5.37. The first-order valence-corrected chi connectivity index (χ1v) is 7.85. The van der Waals surface area contributed by atoms with Crippen molar-refractivity contribution in [3.05, 3.63) is 29.8 Å². The van der Waals surface area contributed by atoms with Crippen LogP contribution in [0.4, 0.5) is 5.69 Å². The van der Waals surface area contributed by atoms with Gasteiger partial charge in [0.05, 0.1) is 6.04 Å². The third-order valence-corrected chi connectivity index (χ3v) is 4.62. The highest BCUT2D eigenvalue weighted by molar-refractivity contribution is 5.95. The maximum absolute atomic E-state index is 12.5. The molecule has 2 unspecified atom stereocenters. The Bertz CT molecular complexity index is 487. The Morgan fingerprint density at radius 2 is 2.10 bits per heavy atom. The summed E-state index contributed by atoms with van der Waals surface area (Å²) in [5.41, 5.74) is 7.52. The average molecular weight is 289 g/mol. The van der Waals surface area contributed by atoms with Gasteiger partial charge in [0.15, 0.2) is 0 Å². The number of nitrogens with zero attached hydrogens (tertiary/aromatic N) is 1. The number of nitrogens with one attached hydrogen (secondary N) is 1. The van der Waals surface area contributed by atoms with Gasteiger partial charge in [-0.05, 0) is 43.4 Å². The zero-order valence-electron chi connectivity index (χ0n) is 13.3. The van der Waals surface area contributed by atoms with Gasteiger partial charge in [0, 0.05) is 18.8 Å². The number of hydrogen-bond acceptors (Lipinski definition) is 3. The number of benzene rings is 1. The van der Waals surface area contributed by atoms with Crippen LogP contribution in [0, 0.1) is 11.8 Å². The fourth-order valence-corrected chi connectivity index (χ4v) is 2.93. The van der Waals surface area contributed by atoms with Gasteiger partial charge < -0.3 is 11.1 Å². The van der Waals surface area contributed by atoms with Crippen molar-refractivity contribution in [1.29, 1.82) is 0 Å². The van der Waals surface area contributed by atoms with Crippen molar-refractivity contribution in [2.75, 3.05) is 18.4 Å². The Hall–Kier alpha value is -1.39. The van der Waals surface area contributed by atoms with Crippen LogP contribution in [-0.4, -0.2) is 29.9 Å². The number of anilines is 1. The number of likely N-dealkylation sites (tertiary alicyclic amines) is 1. The zero-order chi connectivity index (χ0) is 15.4. The van der Waals surface area contributed by atoms with E-state index in [1.54, 1.807) is 0 Å². The Labute approximate surface area is 127 Å². The number of carbonyl (C=O) groups excluding carboxylic acids is 1. The van der Waals surface area contributed by atoms with E-state index in [0.717, 1.165) is 24.3 Å². The normalized spacial score (nSPS) is 20.7. The molecule has 0 bridgehead atoms. The largest absolute Gasteiger partial charge is 0.326 e. The smallest absolute Gasteiger partial charge is 0.241 e. The van der Waals surface area contributed by atoms with Crippen molar-refractivity contribution in [1.82, 2.24) is 4.90 Å². The highest BCUT2D eigenvalue weighted by Gasteiger charge is 2.30. The van der Waals surface area contributed by atoms with Crippen molar-refractivity contribution in [2.24, 2.45) is 17.6 Å². The van der Waals surface area contributed by atoms with Crippen molar-refractivity contribution >= 4 is 11.6 Å². The van der Waals surface area contributed by atoms with E-state index < -0.39 is 0 Å². The minimum absolute atomic E-state index is 0.0558.